The van der Waals surface area contributed by atoms with E-state index < -0.39 is 5.60 Å². The van der Waals surface area contributed by atoms with Gasteiger partial charge in [-0.15, -0.1) is 0 Å². The van der Waals surface area contributed by atoms with Crippen LogP contribution in [0.25, 0.3) is 0 Å². The molecule has 0 unspecified atom stereocenters. The van der Waals surface area contributed by atoms with Crippen molar-refractivity contribution in [1.82, 2.24) is 10.1 Å². The molecule has 1 N–H and O–H groups in total. The second kappa shape index (κ2) is 5.59. The number of hydrogen-bond acceptors (Lipinski definition) is 5. The second-order valence-corrected chi connectivity index (χ2v) is 5.03. The predicted molar refractivity (Wildman–Crippen MR) is 73.1 cm³/mol. The Morgan fingerprint density at radius 1 is 1.42 bits per heavy atom. The average Bonchev–Trinajstić information content (AvgIpc) is 2.86. The zero-order valence-corrected chi connectivity index (χ0v) is 11.9. The second-order valence-electron chi connectivity index (χ2n) is 4.59. The highest BCUT2D eigenvalue weighted by molar-refractivity contribution is 6.30. The van der Waals surface area contributed by atoms with Crippen molar-refractivity contribution in [2.45, 2.75) is 26.0 Å². The summed E-state index contributed by atoms with van der Waals surface area (Å²) < 4.78 is 10.5. The Hall–Kier alpha value is -1.59. The first kappa shape index (κ1) is 13.8. The van der Waals surface area contributed by atoms with Gasteiger partial charge in [0.05, 0.1) is 6.54 Å². The highest BCUT2D eigenvalue weighted by Gasteiger charge is 2.25. The number of nitrogens with one attached hydrogen (secondary N) is 1. The molecule has 102 valence electrons. The lowest BCUT2D eigenvalue weighted by molar-refractivity contribution is 0.00973. The van der Waals surface area contributed by atoms with Crippen LogP contribution in [-0.2, 0) is 16.9 Å². The van der Waals surface area contributed by atoms with Crippen LogP contribution in [0.5, 0.6) is 0 Å². The molecule has 0 bridgehead atoms. The Labute approximate surface area is 116 Å². The van der Waals surface area contributed by atoms with Crippen molar-refractivity contribution < 1.29 is 9.26 Å². The van der Waals surface area contributed by atoms with Crippen molar-refractivity contribution in [3.8, 4) is 0 Å². The van der Waals surface area contributed by atoms with E-state index in [9.17, 15) is 0 Å². The molecule has 0 saturated heterocycles. The minimum atomic E-state index is -0.558. The van der Waals surface area contributed by atoms with Gasteiger partial charge in [-0.25, -0.2) is 0 Å². The molecule has 5 nitrogen and oxygen atoms in total. The molecule has 0 radical (unpaired) electrons. The standard InChI is InChI=1S/C13H16ClN3O2/c1-13(2,18-3)12-16-11(19-17-12)8-15-10-6-4-5-9(14)7-10/h4-7,15H,8H2,1-3H3. The van der Waals surface area contributed by atoms with Gasteiger partial charge in [-0.3, -0.25) is 0 Å². The van der Waals surface area contributed by atoms with Crippen LogP contribution < -0.4 is 5.32 Å². The van der Waals surface area contributed by atoms with Crippen molar-refractivity contribution in [3.63, 3.8) is 0 Å². The third-order valence-corrected chi connectivity index (χ3v) is 3.02. The summed E-state index contributed by atoms with van der Waals surface area (Å²) in [4.78, 5) is 4.29. The summed E-state index contributed by atoms with van der Waals surface area (Å²) in [7, 11) is 1.61. The SMILES string of the molecule is COC(C)(C)c1noc(CNc2cccc(Cl)c2)n1. The van der Waals surface area contributed by atoms with Crippen molar-refractivity contribution in [3.05, 3.63) is 41.0 Å². The van der Waals surface area contributed by atoms with Crippen LogP contribution in [0.2, 0.25) is 5.02 Å². The summed E-state index contributed by atoms with van der Waals surface area (Å²) in [5.74, 6) is 1.03. The quantitative estimate of drug-likeness (QED) is 0.912. The normalized spacial score (nSPS) is 11.6. The molecule has 2 rings (SSSR count). The maximum Gasteiger partial charge on any atom is 0.246 e. The minimum absolute atomic E-state index is 0.438. The summed E-state index contributed by atoms with van der Waals surface area (Å²) in [6.07, 6.45) is 0. The van der Waals surface area contributed by atoms with E-state index in [2.05, 4.69) is 15.5 Å². The van der Waals surface area contributed by atoms with Crippen LogP contribution >= 0.6 is 11.6 Å². The molecule has 2 aromatic rings. The number of ether oxygens (including phenoxy) is 1. The van der Waals surface area contributed by atoms with E-state index in [4.69, 9.17) is 20.9 Å². The maximum absolute atomic E-state index is 5.90. The number of methoxy groups -OCH3 is 1. The number of nitrogens with zero attached hydrogens (tertiary/aromatic N) is 2. The van der Waals surface area contributed by atoms with E-state index in [0.29, 0.717) is 23.3 Å². The van der Waals surface area contributed by atoms with Crippen LogP contribution in [-0.4, -0.2) is 17.3 Å². The summed E-state index contributed by atoms with van der Waals surface area (Å²) >= 11 is 5.90. The molecule has 0 aliphatic carbocycles. The fraction of sp³-hybridized carbons (Fsp3) is 0.385. The van der Waals surface area contributed by atoms with Gasteiger partial charge in [0.25, 0.3) is 0 Å². The van der Waals surface area contributed by atoms with E-state index >= 15 is 0 Å². The molecule has 0 aliphatic rings. The third-order valence-electron chi connectivity index (χ3n) is 2.79. The van der Waals surface area contributed by atoms with Gasteiger partial charge in [-0.2, -0.15) is 4.98 Å². The summed E-state index contributed by atoms with van der Waals surface area (Å²) in [6, 6.07) is 7.44. The molecule has 0 fully saturated rings. The smallest absolute Gasteiger partial charge is 0.246 e. The third kappa shape index (κ3) is 3.45. The van der Waals surface area contributed by atoms with Gasteiger partial charge >= 0.3 is 0 Å². The van der Waals surface area contributed by atoms with Crippen molar-refractivity contribution in [2.75, 3.05) is 12.4 Å². The highest BCUT2D eigenvalue weighted by Crippen LogP contribution is 2.21. The molecular weight excluding hydrogens is 266 g/mol. The highest BCUT2D eigenvalue weighted by atomic mass is 35.5. The van der Waals surface area contributed by atoms with Crippen LogP contribution in [0.4, 0.5) is 5.69 Å². The maximum atomic E-state index is 5.90. The van der Waals surface area contributed by atoms with Crippen LogP contribution in [0.3, 0.4) is 0 Å². The molecule has 0 spiro atoms. The van der Waals surface area contributed by atoms with Crippen molar-refractivity contribution in [1.29, 1.82) is 0 Å². The molecule has 0 saturated carbocycles. The van der Waals surface area contributed by atoms with E-state index in [0.717, 1.165) is 5.69 Å². The molecule has 0 amide bonds. The van der Waals surface area contributed by atoms with Crippen molar-refractivity contribution in [2.24, 2.45) is 0 Å². The first-order chi connectivity index (χ1) is 9.01. The van der Waals surface area contributed by atoms with Gasteiger partial charge in [0.15, 0.2) is 0 Å². The van der Waals surface area contributed by atoms with Crippen LogP contribution in [0, 0.1) is 0 Å². The first-order valence-corrected chi connectivity index (χ1v) is 6.27. The average molecular weight is 282 g/mol. The Balaban J connectivity index is 2.01. The molecule has 1 aromatic carbocycles. The first-order valence-electron chi connectivity index (χ1n) is 5.89. The van der Waals surface area contributed by atoms with Crippen molar-refractivity contribution >= 4 is 17.3 Å². The van der Waals surface area contributed by atoms with Gasteiger partial charge in [-0.1, -0.05) is 22.8 Å². The van der Waals surface area contributed by atoms with Gasteiger partial charge < -0.3 is 14.6 Å². The van der Waals surface area contributed by atoms with Gasteiger partial charge in [0.2, 0.25) is 11.7 Å². The van der Waals surface area contributed by atoms with Gasteiger partial charge in [0.1, 0.15) is 5.60 Å². The topological polar surface area (TPSA) is 60.2 Å². The molecule has 0 aliphatic heterocycles. The number of rotatable bonds is 5. The fourth-order valence-corrected chi connectivity index (χ4v) is 1.63. The summed E-state index contributed by atoms with van der Waals surface area (Å²) in [5.41, 5.74) is 0.343. The lowest BCUT2D eigenvalue weighted by Crippen LogP contribution is -2.21. The number of hydrogen-bond donors (Lipinski definition) is 1. The summed E-state index contributed by atoms with van der Waals surface area (Å²) in [5, 5.41) is 7.75. The van der Waals surface area contributed by atoms with E-state index in [1.165, 1.54) is 0 Å². The molecule has 19 heavy (non-hydrogen) atoms. The lowest BCUT2D eigenvalue weighted by Gasteiger charge is -2.17. The summed E-state index contributed by atoms with van der Waals surface area (Å²) in [6.45, 7) is 4.20. The van der Waals surface area contributed by atoms with E-state index in [1.54, 1.807) is 7.11 Å². The monoisotopic (exact) mass is 281 g/mol. The molecule has 1 heterocycles. The molecular formula is C13H16ClN3O2. The Bertz CT molecular complexity index is 554. The number of anilines is 1. The fourth-order valence-electron chi connectivity index (χ4n) is 1.44. The predicted octanol–water partition coefficient (Wildman–Crippen LogP) is 3.22. The molecule has 1 aromatic heterocycles. The van der Waals surface area contributed by atoms with Crippen LogP contribution in [0.15, 0.2) is 28.8 Å². The molecule has 0 atom stereocenters. The largest absolute Gasteiger partial charge is 0.376 e. The van der Waals surface area contributed by atoms with E-state index in [1.807, 2.05) is 38.1 Å². The van der Waals surface area contributed by atoms with Gasteiger partial charge in [0, 0.05) is 17.8 Å². The zero-order valence-electron chi connectivity index (χ0n) is 11.1. The Morgan fingerprint density at radius 2 is 2.21 bits per heavy atom. The zero-order chi connectivity index (χ0) is 13.9. The Kier molecular flexibility index (Phi) is 4.07. The number of halogens is 1. The number of aromatic nitrogens is 2. The Morgan fingerprint density at radius 3 is 2.89 bits per heavy atom. The minimum Gasteiger partial charge on any atom is -0.376 e. The van der Waals surface area contributed by atoms with Gasteiger partial charge in [-0.05, 0) is 32.0 Å². The van der Waals surface area contributed by atoms with Crippen LogP contribution in [0.1, 0.15) is 25.6 Å². The molecule has 6 heteroatoms. The number of benzene rings is 1. The van der Waals surface area contributed by atoms with E-state index in [-0.39, 0.29) is 0 Å². The lowest BCUT2D eigenvalue weighted by atomic mass is 10.1.